The van der Waals surface area contributed by atoms with Crippen molar-refractivity contribution in [3.63, 3.8) is 0 Å². The minimum absolute atomic E-state index is 0.0355. The van der Waals surface area contributed by atoms with Crippen molar-refractivity contribution in [2.75, 3.05) is 0 Å². The maximum Gasteiger partial charge on any atom is 0.271 e. The van der Waals surface area contributed by atoms with Crippen molar-refractivity contribution in [3.05, 3.63) is 71.3 Å². The topological polar surface area (TPSA) is 58.5 Å². The third-order valence-corrected chi connectivity index (χ3v) is 3.19. The van der Waals surface area contributed by atoms with Gasteiger partial charge in [0.25, 0.3) is 5.91 Å². The lowest BCUT2D eigenvalue weighted by atomic mass is 10.1. The minimum atomic E-state index is -0.282. The fourth-order valence-corrected chi connectivity index (χ4v) is 2.19. The quantitative estimate of drug-likeness (QED) is 0.847. The second-order valence-electron chi connectivity index (χ2n) is 4.51. The summed E-state index contributed by atoms with van der Waals surface area (Å²) in [5.74, 6) is -0.247. The average molecular weight is 264 g/mol. The van der Waals surface area contributed by atoms with Gasteiger partial charge in [-0.05, 0) is 12.1 Å². The van der Waals surface area contributed by atoms with Crippen molar-refractivity contribution in [1.82, 2.24) is 5.43 Å². The molecule has 0 fully saturated rings. The number of hydrogen-bond donors (Lipinski definition) is 1. The number of fused-ring (bicyclic) bond motifs is 1. The van der Waals surface area contributed by atoms with E-state index in [9.17, 15) is 9.59 Å². The van der Waals surface area contributed by atoms with E-state index in [2.05, 4.69) is 10.5 Å². The number of carbonyl (C=O) groups excluding carboxylic acids is 2. The van der Waals surface area contributed by atoms with Crippen LogP contribution in [0.4, 0.5) is 0 Å². The molecule has 2 aromatic carbocycles. The number of ketones is 1. The molecule has 1 amide bonds. The lowest BCUT2D eigenvalue weighted by molar-refractivity contribution is 0.0952. The first kappa shape index (κ1) is 12.3. The van der Waals surface area contributed by atoms with Gasteiger partial charge in [0.05, 0.1) is 12.1 Å². The third kappa shape index (κ3) is 2.23. The Morgan fingerprint density at radius 2 is 1.60 bits per heavy atom. The summed E-state index contributed by atoms with van der Waals surface area (Å²) in [6, 6.07) is 16.1. The monoisotopic (exact) mass is 264 g/mol. The Morgan fingerprint density at radius 1 is 0.950 bits per heavy atom. The highest BCUT2D eigenvalue weighted by Gasteiger charge is 2.25. The van der Waals surface area contributed by atoms with E-state index in [0.717, 1.165) is 5.56 Å². The van der Waals surface area contributed by atoms with Gasteiger partial charge in [0.15, 0.2) is 5.78 Å². The van der Waals surface area contributed by atoms with E-state index in [-0.39, 0.29) is 18.1 Å². The lowest BCUT2D eigenvalue weighted by Crippen LogP contribution is -2.19. The largest absolute Gasteiger partial charge is 0.294 e. The molecule has 98 valence electrons. The fourth-order valence-electron chi connectivity index (χ4n) is 2.19. The van der Waals surface area contributed by atoms with Crippen molar-refractivity contribution in [1.29, 1.82) is 0 Å². The highest BCUT2D eigenvalue weighted by molar-refractivity contribution is 6.26. The summed E-state index contributed by atoms with van der Waals surface area (Å²) in [7, 11) is 0. The molecule has 0 saturated heterocycles. The van der Waals surface area contributed by atoms with E-state index in [0.29, 0.717) is 16.8 Å². The van der Waals surface area contributed by atoms with Crippen molar-refractivity contribution >= 4 is 17.4 Å². The van der Waals surface area contributed by atoms with Gasteiger partial charge in [-0.15, -0.1) is 0 Å². The average Bonchev–Trinajstić information content (AvgIpc) is 2.83. The number of hydrazone groups is 1. The molecule has 0 aromatic heterocycles. The zero-order valence-corrected chi connectivity index (χ0v) is 10.7. The Balaban J connectivity index is 1.82. The van der Waals surface area contributed by atoms with Crippen LogP contribution in [0.5, 0.6) is 0 Å². The summed E-state index contributed by atoms with van der Waals surface area (Å²) in [6.07, 6.45) is 0.231. The van der Waals surface area contributed by atoms with E-state index >= 15 is 0 Å². The SMILES string of the molecule is O=C(N/N=C1\CC(=O)c2ccccc21)c1ccccc1. The maximum atomic E-state index is 11.9. The van der Waals surface area contributed by atoms with Crippen LogP contribution in [0.3, 0.4) is 0 Å². The number of nitrogens with one attached hydrogen (secondary N) is 1. The molecule has 2 aromatic rings. The predicted molar refractivity (Wildman–Crippen MR) is 75.8 cm³/mol. The number of Topliss-reactive ketones (excluding diaryl/α,β-unsaturated/α-hetero) is 1. The van der Waals surface area contributed by atoms with Crippen molar-refractivity contribution < 1.29 is 9.59 Å². The van der Waals surface area contributed by atoms with Crippen molar-refractivity contribution in [3.8, 4) is 0 Å². The Bertz CT molecular complexity index is 705. The Labute approximate surface area is 116 Å². The predicted octanol–water partition coefficient (Wildman–Crippen LogP) is 2.41. The Morgan fingerprint density at radius 3 is 2.35 bits per heavy atom. The van der Waals surface area contributed by atoms with Crippen LogP contribution in [0.1, 0.15) is 32.7 Å². The van der Waals surface area contributed by atoms with E-state index in [1.807, 2.05) is 24.3 Å². The van der Waals surface area contributed by atoms with Crippen LogP contribution in [0.25, 0.3) is 0 Å². The first-order valence-electron chi connectivity index (χ1n) is 6.30. The summed E-state index contributed by atoms with van der Waals surface area (Å²) in [5.41, 5.74) is 5.11. The molecule has 0 saturated carbocycles. The zero-order valence-electron chi connectivity index (χ0n) is 10.7. The minimum Gasteiger partial charge on any atom is -0.294 e. The van der Waals surface area contributed by atoms with E-state index in [1.165, 1.54) is 0 Å². The van der Waals surface area contributed by atoms with Crippen LogP contribution in [-0.2, 0) is 0 Å². The molecule has 0 bridgehead atoms. The molecule has 0 aliphatic heterocycles. The molecule has 0 heterocycles. The number of benzene rings is 2. The summed E-state index contributed by atoms with van der Waals surface area (Å²) in [4.78, 5) is 23.7. The summed E-state index contributed by atoms with van der Waals surface area (Å²) in [5, 5.41) is 4.09. The molecule has 0 atom stereocenters. The maximum absolute atomic E-state index is 11.9. The van der Waals surface area contributed by atoms with Gasteiger partial charge < -0.3 is 0 Å². The molecule has 1 aliphatic carbocycles. The molecule has 0 unspecified atom stereocenters. The van der Waals surface area contributed by atoms with Gasteiger partial charge in [-0.25, -0.2) is 5.43 Å². The van der Waals surface area contributed by atoms with Crippen LogP contribution in [-0.4, -0.2) is 17.4 Å². The molecular formula is C16H12N2O2. The van der Waals surface area contributed by atoms with Gasteiger partial charge in [0.2, 0.25) is 0 Å². The standard InChI is InChI=1S/C16H12N2O2/c19-15-10-14(12-8-4-5-9-13(12)15)17-18-16(20)11-6-2-1-3-7-11/h1-9H,10H2,(H,18,20)/b17-14+. The van der Waals surface area contributed by atoms with Gasteiger partial charge in [-0.1, -0.05) is 42.5 Å². The molecule has 1 N–H and O–H groups in total. The highest BCUT2D eigenvalue weighted by atomic mass is 16.2. The van der Waals surface area contributed by atoms with E-state index < -0.39 is 0 Å². The van der Waals surface area contributed by atoms with Crippen LogP contribution in [0.15, 0.2) is 59.7 Å². The number of carbonyl (C=O) groups is 2. The number of amides is 1. The number of rotatable bonds is 2. The first-order chi connectivity index (χ1) is 9.75. The molecule has 4 nitrogen and oxygen atoms in total. The van der Waals surface area contributed by atoms with E-state index in [4.69, 9.17) is 0 Å². The van der Waals surface area contributed by atoms with Crippen LogP contribution in [0, 0.1) is 0 Å². The number of hydrogen-bond acceptors (Lipinski definition) is 3. The lowest BCUT2D eigenvalue weighted by Gasteiger charge is -2.01. The van der Waals surface area contributed by atoms with Gasteiger partial charge in [0, 0.05) is 16.7 Å². The van der Waals surface area contributed by atoms with Crippen molar-refractivity contribution in [2.45, 2.75) is 6.42 Å². The Hall–Kier alpha value is -2.75. The molecular weight excluding hydrogens is 252 g/mol. The van der Waals surface area contributed by atoms with E-state index in [1.54, 1.807) is 30.3 Å². The van der Waals surface area contributed by atoms with Gasteiger partial charge in [0.1, 0.15) is 0 Å². The summed E-state index contributed by atoms with van der Waals surface area (Å²) >= 11 is 0. The Kier molecular flexibility index (Phi) is 3.13. The molecule has 0 spiro atoms. The highest BCUT2D eigenvalue weighted by Crippen LogP contribution is 2.21. The molecule has 0 radical (unpaired) electrons. The molecule has 1 aliphatic rings. The summed E-state index contributed by atoms with van der Waals surface area (Å²) < 4.78 is 0. The first-order valence-corrected chi connectivity index (χ1v) is 6.30. The van der Waals surface area contributed by atoms with Gasteiger partial charge in [-0.2, -0.15) is 5.10 Å². The van der Waals surface area contributed by atoms with Crippen molar-refractivity contribution in [2.24, 2.45) is 5.10 Å². The zero-order chi connectivity index (χ0) is 13.9. The van der Waals surface area contributed by atoms with Crippen LogP contribution < -0.4 is 5.43 Å². The molecule has 20 heavy (non-hydrogen) atoms. The van der Waals surface area contributed by atoms with Crippen LogP contribution in [0.2, 0.25) is 0 Å². The second kappa shape index (κ2) is 5.09. The second-order valence-corrected chi connectivity index (χ2v) is 4.51. The molecule has 3 rings (SSSR count). The van der Waals surface area contributed by atoms with Crippen LogP contribution >= 0.6 is 0 Å². The molecule has 4 heteroatoms. The van der Waals surface area contributed by atoms with Gasteiger partial charge in [-0.3, -0.25) is 9.59 Å². The summed E-state index contributed by atoms with van der Waals surface area (Å²) in [6.45, 7) is 0. The van der Waals surface area contributed by atoms with Gasteiger partial charge >= 0.3 is 0 Å². The smallest absolute Gasteiger partial charge is 0.271 e. The third-order valence-electron chi connectivity index (χ3n) is 3.19. The number of nitrogens with zero attached hydrogens (tertiary/aromatic N) is 1. The fraction of sp³-hybridized carbons (Fsp3) is 0.0625. The normalized spacial score (nSPS) is 15.2.